The summed E-state index contributed by atoms with van der Waals surface area (Å²) in [5.74, 6) is 0.314. The summed E-state index contributed by atoms with van der Waals surface area (Å²) in [6, 6.07) is 0. The molecular weight excluding hydrogens is 212 g/mol. The Morgan fingerprint density at radius 1 is 1.59 bits per heavy atom. The molecule has 0 heterocycles. The van der Waals surface area contributed by atoms with E-state index < -0.39 is 5.60 Å². The van der Waals surface area contributed by atoms with Crippen LogP contribution in [0, 0.1) is 5.92 Å². The summed E-state index contributed by atoms with van der Waals surface area (Å²) in [6.45, 7) is 6.35. The van der Waals surface area contributed by atoms with Crippen LogP contribution in [0.5, 0.6) is 0 Å². The average Bonchev–Trinajstić information content (AvgIpc) is 2.32. The van der Waals surface area contributed by atoms with Crippen LogP contribution in [0.15, 0.2) is 23.3 Å². The average molecular weight is 238 g/mol. The summed E-state index contributed by atoms with van der Waals surface area (Å²) in [7, 11) is 0. The Hall–Kier alpha value is -0.600. The van der Waals surface area contributed by atoms with Gasteiger partial charge in [0.25, 0.3) is 0 Å². The fourth-order valence-corrected chi connectivity index (χ4v) is 2.33. The molecule has 2 nitrogen and oxygen atoms in total. The first-order valence-electron chi connectivity index (χ1n) is 6.62. The van der Waals surface area contributed by atoms with Crippen molar-refractivity contribution in [3.63, 3.8) is 0 Å². The Kier molecular flexibility index (Phi) is 5.41. The van der Waals surface area contributed by atoms with Crippen molar-refractivity contribution in [1.82, 2.24) is 0 Å². The van der Waals surface area contributed by atoms with Crippen LogP contribution < -0.4 is 0 Å². The van der Waals surface area contributed by atoms with Gasteiger partial charge in [0, 0.05) is 0 Å². The van der Waals surface area contributed by atoms with E-state index in [-0.39, 0.29) is 6.61 Å². The molecule has 1 aliphatic carbocycles. The number of hydrogen-bond acceptors (Lipinski definition) is 2. The van der Waals surface area contributed by atoms with E-state index in [1.54, 1.807) is 0 Å². The number of hydrogen-bond donors (Lipinski definition) is 2. The molecule has 0 aromatic rings. The lowest BCUT2D eigenvalue weighted by Gasteiger charge is -2.36. The Morgan fingerprint density at radius 3 is 2.82 bits per heavy atom. The van der Waals surface area contributed by atoms with Gasteiger partial charge in [0.2, 0.25) is 0 Å². The molecule has 0 spiro atoms. The van der Waals surface area contributed by atoms with Gasteiger partial charge in [-0.25, -0.2) is 0 Å². The Bertz CT molecular complexity index is 304. The van der Waals surface area contributed by atoms with E-state index in [9.17, 15) is 5.11 Å². The monoisotopic (exact) mass is 238 g/mol. The number of aliphatic hydroxyl groups excluding tert-OH is 1. The predicted octanol–water partition coefficient (Wildman–Crippen LogP) is 3.20. The molecule has 2 N–H and O–H groups in total. The van der Waals surface area contributed by atoms with Gasteiger partial charge in [0.05, 0.1) is 12.2 Å². The van der Waals surface area contributed by atoms with Crippen molar-refractivity contribution in [3.05, 3.63) is 23.3 Å². The molecule has 17 heavy (non-hydrogen) atoms. The maximum atomic E-state index is 10.6. The maximum Gasteiger partial charge on any atom is 0.0710 e. The summed E-state index contributed by atoms with van der Waals surface area (Å²) in [4.78, 5) is 0. The minimum Gasteiger partial charge on any atom is -0.392 e. The van der Waals surface area contributed by atoms with E-state index in [2.05, 4.69) is 26.0 Å². The Morgan fingerprint density at radius 2 is 2.29 bits per heavy atom. The molecule has 0 radical (unpaired) electrons. The molecule has 0 saturated carbocycles. The topological polar surface area (TPSA) is 40.5 Å². The van der Waals surface area contributed by atoms with Crippen LogP contribution in [0.4, 0.5) is 0 Å². The highest BCUT2D eigenvalue weighted by molar-refractivity contribution is 5.09. The normalized spacial score (nSPS) is 27.8. The second kappa shape index (κ2) is 6.36. The van der Waals surface area contributed by atoms with Crippen LogP contribution in [0.25, 0.3) is 0 Å². The van der Waals surface area contributed by atoms with Gasteiger partial charge in [-0.15, -0.1) is 0 Å². The van der Waals surface area contributed by atoms with Crippen LogP contribution >= 0.6 is 0 Å². The lowest BCUT2D eigenvalue weighted by Crippen LogP contribution is -2.37. The molecule has 0 aromatic heterocycles. The molecule has 1 rings (SSSR count). The van der Waals surface area contributed by atoms with E-state index in [0.717, 1.165) is 37.7 Å². The van der Waals surface area contributed by atoms with E-state index in [0.29, 0.717) is 5.92 Å². The summed E-state index contributed by atoms with van der Waals surface area (Å²) >= 11 is 0. The highest BCUT2D eigenvalue weighted by atomic mass is 16.3. The molecule has 0 bridgehead atoms. The van der Waals surface area contributed by atoms with Crippen LogP contribution in [-0.4, -0.2) is 22.4 Å². The van der Waals surface area contributed by atoms with Crippen molar-refractivity contribution in [2.45, 2.75) is 58.5 Å². The van der Waals surface area contributed by atoms with Crippen molar-refractivity contribution < 1.29 is 10.2 Å². The van der Waals surface area contributed by atoms with Crippen molar-refractivity contribution in [2.24, 2.45) is 5.92 Å². The van der Waals surface area contributed by atoms with Crippen LogP contribution in [-0.2, 0) is 0 Å². The predicted molar refractivity (Wildman–Crippen MR) is 71.8 cm³/mol. The minimum absolute atomic E-state index is 0.139. The van der Waals surface area contributed by atoms with Gasteiger partial charge in [-0.3, -0.25) is 0 Å². The van der Waals surface area contributed by atoms with Crippen LogP contribution in [0.3, 0.4) is 0 Å². The lowest BCUT2D eigenvalue weighted by molar-refractivity contribution is -0.0234. The van der Waals surface area contributed by atoms with Gasteiger partial charge in [-0.1, -0.05) is 30.2 Å². The molecule has 0 fully saturated rings. The second-order valence-electron chi connectivity index (χ2n) is 5.55. The molecule has 0 unspecified atom stereocenters. The zero-order chi connectivity index (χ0) is 12.9. The van der Waals surface area contributed by atoms with E-state index in [1.807, 2.05) is 6.92 Å². The second-order valence-corrected chi connectivity index (χ2v) is 5.55. The Balaban J connectivity index is 2.44. The molecular formula is C15H26O2. The van der Waals surface area contributed by atoms with E-state index >= 15 is 0 Å². The third kappa shape index (κ3) is 4.29. The van der Waals surface area contributed by atoms with Crippen molar-refractivity contribution in [2.75, 3.05) is 6.61 Å². The lowest BCUT2D eigenvalue weighted by atomic mass is 9.75. The molecule has 1 aliphatic rings. The summed E-state index contributed by atoms with van der Waals surface area (Å²) in [5, 5.41) is 19.5. The van der Waals surface area contributed by atoms with Crippen LogP contribution in [0.1, 0.15) is 52.9 Å². The van der Waals surface area contributed by atoms with Crippen molar-refractivity contribution in [3.8, 4) is 0 Å². The van der Waals surface area contributed by atoms with Crippen LogP contribution in [0.2, 0.25) is 0 Å². The zero-order valence-corrected chi connectivity index (χ0v) is 11.4. The van der Waals surface area contributed by atoms with Gasteiger partial charge in [0.1, 0.15) is 0 Å². The number of aliphatic hydroxyl groups is 2. The highest BCUT2D eigenvalue weighted by Gasteiger charge is 2.33. The van der Waals surface area contributed by atoms with Crippen molar-refractivity contribution in [1.29, 1.82) is 0 Å². The molecule has 0 aliphatic heterocycles. The first-order chi connectivity index (χ1) is 7.98. The molecule has 0 amide bonds. The molecule has 2 heteroatoms. The zero-order valence-electron chi connectivity index (χ0n) is 11.4. The first kappa shape index (κ1) is 14.5. The third-order valence-corrected chi connectivity index (χ3v) is 4.02. The third-order valence-electron chi connectivity index (χ3n) is 4.02. The summed E-state index contributed by atoms with van der Waals surface area (Å²) < 4.78 is 0. The summed E-state index contributed by atoms with van der Waals surface area (Å²) in [6.07, 6.45) is 8.88. The standard InChI is InChI=1S/C15H26O2/c1-12-7-9-15(17,10-8-12)14(3)6-4-5-13(2)11-16/h5,7,14,16-17H,4,6,8-11H2,1-3H3/t14-,15+/m0/s1. The fraction of sp³-hybridized carbons (Fsp3) is 0.733. The van der Waals surface area contributed by atoms with Gasteiger partial charge in [-0.05, 0) is 51.9 Å². The van der Waals surface area contributed by atoms with Gasteiger partial charge in [-0.2, -0.15) is 0 Å². The van der Waals surface area contributed by atoms with Crippen molar-refractivity contribution >= 4 is 0 Å². The SMILES string of the molecule is CC(=CCC[C@H](C)[C@@]1(O)CC=C(C)CC1)CO. The fourth-order valence-electron chi connectivity index (χ4n) is 2.33. The van der Waals surface area contributed by atoms with Gasteiger partial charge < -0.3 is 10.2 Å². The smallest absolute Gasteiger partial charge is 0.0710 e. The highest BCUT2D eigenvalue weighted by Crippen LogP contribution is 2.35. The van der Waals surface area contributed by atoms with E-state index in [1.165, 1.54) is 5.57 Å². The maximum absolute atomic E-state index is 10.6. The number of allylic oxidation sites excluding steroid dienone is 2. The first-order valence-corrected chi connectivity index (χ1v) is 6.62. The number of rotatable bonds is 5. The van der Waals surface area contributed by atoms with Gasteiger partial charge >= 0.3 is 0 Å². The van der Waals surface area contributed by atoms with E-state index in [4.69, 9.17) is 5.11 Å². The quantitative estimate of drug-likeness (QED) is 0.722. The molecule has 2 atom stereocenters. The Labute approximate surface area is 105 Å². The largest absolute Gasteiger partial charge is 0.392 e. The molecule has 0 saturated heterocycles. The molecule has 0 aromatic carbocycles. The summed E-state index contributed by atoms with van der Waals surface area (Å²) in [5.41, 5.74) is 1.90. The molecule has 98 valence electrons. The van der Waals surface area contributed by atoms with Gasteiger partial charge in [0.15, 0.2) is 0 Å². The minimum atomic E-state index is -0.513.